The monoisotopic (exact) mass is 275 g/mol. The summed E-state index contributed by atoms with van der Waals surface area (Å²) in [6, 6.07) is 5.77. The van der Waals surface area contributed by atoms with Gasteiger partial charge in [-0.3, -0.25) is 0 Å². The highest BCUT2D eigenvalue weighted by Crippen LogP contribution is 2.17. The maximum absolute atomic E-state index is 12.8. The molecule has 0 saturated heterocycles. The van der Waals surface area contributed by atoms with Crippen LogP contribution in [0.4, 0.5) is 4.39 Å². The highest BCUT2D eigenvalue weighted by atomic mass is 19.1. The molecule has 7 nitrogen and oxygen atoms in total. The Balaban J connectivity index is 1.78. The van der Waals surface area contributed by atoms with Gasteiger partial charge in [0.2, 0.25) is 0 Å². The zero-order valence-electron chi connectivity index (χ0n) is 10.3. The molecule has 0 fully saturated rings. The molecule has 3 aromatic rings. The Morgan fingerprint density at radius 3 is 2.75 bits per heavy atom. The van der Waals surface area contributed by atoms with E-state index in [2.05, 4.69) is 20.5 Å². The van der Waals surface area contributed by atoms with Crippen molar-refractivity contribution in [2.45, 2.75) is 13.2 Å². The summed E-state index contributed by atoms with van der Waals surface area (Å²) < 4.78 is 19.4. The first-order valence-electron chi connectivity index (χ1n) is 5.83. The van der Waals surface area contributed by atoms with E-state index in [1.165, 1.54) is 16.8 Å². The Bertz CT molecular complexity index is 707. The first-order valence-corrected chi connectivity index (χ1v) is 5.83. The third-order valence-corrected chi connectivity index (χ3v) is 2.61. The molecule has 0 amide bonds. The van der Waals surface area contributed by atoms with Crippen molar-refractivity contribution in [2.75, 3.05) is 0 Å². The van der Waals surface area contributed by atoms with Crippen LogP contribution >= 0.6 is 0 Å². The first-order chi connectivity index (χ1) is 9.74. The van der Waals surface area contributed by atoms with Crippen LogP contribution in [0.15, 0.2) is 35.0 Å². The van der Waals surface area contributed by atoms with Gasteiger partial charge in [0.25, 0.3) is 5.89 Å². The minimum Gasteiger partial charge on any atom is -0.390 e. The van der Waals surface area contributed by atoms with Crippen molar-refractivity contribution in [2.24, 2.45) is 0 Å². The maximum Gasteiger partial charge on any atom is 0.257 e. The topological polar surface area (TPSA) is 89.9 Å². The number of aromatic nitrogens is 5. The van der Waals surface area contributed by atoms with Crippen LogP contribution in [-0.4, -0.2) is 30.2 Å². The quantitative estimate of drug-likeness (QED) is 0.764. The van der Waals surface area contributed by atoms with E-state index < -0.39 is 0 Å². The lowest BCUT2D eigenvalue weighted by molar-refractivity contribution is 0.276. The number of hydrogen-bond donors (Lipinski definition) is 1. The molecule has 0 radical (unpaired) electrons. The van der Waals surface area contributed by atoms with Gasteiger partial charge in [-0.1, -0.05) is 10.4 Å². The van der Waals surface area contributed by atoms with Crippen LogP contribution < -0.4 is 0 Å². The van der Waals surface area contributed by atoms with Crippen molar-refractivity contribution >= 4 is 0 Å². The molecule has 0 aliphatic rings. The maximum atomic E-state index is 12.8. The highest BCUT2D eigenvalue weighted by molar-refractivity contribution is 5.52. The van der Waals surface area contributed by atoms with Crippen molar-refractivity contribution in [3.63, 3.8) is 0 Å². The van der Waals surface area contributed by atoms with Gasteiger partial charge >= 0.3 is 0 Å². The van der Waals surface area contributed by atoms with Crippen LogP contribution in [0.25, 0.3) is 11.5 Å². The molecular weight excluding hydrogens is 265 g/mol. The Morgan fingerprint density at radius 1 is 1.25 bits per heavy atom. The Hall–Kier alpha value is -2.61. The van der Waals surface area contributed by atoms with Crippen molar-refractivity contribution in [1.82, 2.24) is 25.1 Å². The zero-order valence-corrected chi connectivity index (χ0v) is 10.3. The minimum atomic E-state index is -0.326. The van der Waals surface area contributed by atoms with Gasteiger partial charge in [-0.15, -0.1) is 5.10 Å². The Morgan fingerprint density at radius 2 is 2.05 bits per heavy atom. The smallest absolute Gasteiger partial charge is 0.257 e. The van der Waals surface area contributed by atoms with Crippen LogP contribution in [0.5, 0.6) is 0 Å². The number of nitrogens with zero attached hydrogens (tertiary/aromatic N) is 5. The first kappa shape index (κ1) is 12.4. The van der Waals surface area contributed by atoms with Gasteiger partial charge in [-0.25, -0.2) is 9.07 Å². The van der Waals surface area contributed by atoms with E-state index in [9.17, 15) is 4.39 Å². The fraction of sp³-hybridized carbons (Fsp3) is 0.167. The summed E-state index contributed by atoms with van der Waals surface area (Å²) in [7, 11) is 0. The fourth-order valence-electron chi connectivity index (χ4n) is 1.66. The largest absolute Gasteiger partial charge is 0.390 e. The predicted molar refractivity (Wildman–Crippen MR) is 64.7 cm³/mol. The van der Waals surface area contributed by atoms with Gasteiger partial charge in [0, 0.05) is 5.56 Å². The van der Waals surface area contributed by atoms with E-state index in [0.29, 0.717) is 23.0 Å². The lowest BCUT2D eigenvalue weighted by atomic mass is 10.2. The summed E-state index contributed by atoms with van der Waals surface area (Å²) >= 11 is 0. The number of benzene rings is 1. The third kappa shape index (κ3) is 2.54. The minimum absolute atomic E-state index is 0.174. The van der Waals surface area contributed by atoms with Gasteiger partial charge in [-0.05, 0) is 24.3 Å². The molecule has 2 aromatic heterocycles. The van der Waals surface area contributed by atoms with Gasteiger partial charge < -0.3 is 9.63 Å². The van der Waals surface area contributed by atoms with E-state index in [0.717, 1.165) is 0 Å². The summed E-state index contributed by atoms with van der Waals surface area (Å²) in [5.74, 6) is 0.397. The SMILES string of the molecule is OCc1cn(Cc2noc(-c3ccc(F)cc3)n2)nn1. The molecule has 0 spiro atoms. The molecular formula is C12H10FN5O2. The number of aliphatic hydroxyl groups excluding tert-OH is 1. The lowest BCUT2D eigenvalue weighted by Crippen LogP contribution is -2.02. The molecule has 0 bridgehead atoms. The van der Waals surface area contributed by atoms with Crippen LogP contribution in [0.2, 0.25) is 0 Å². The van der Waals surface area contributed by atoms with Gasteiger partial charge in [0.1, 0.15) is 18.1 Å². The lowest BCUT2D eigenvalue weighted by Gasteiger charge is -1.93. The van der Waals surface area contributed by atoms with Gasteiger partial charge in [0.15, 0.2) is 5.82 Å². The van der Waals surface area contributed by atoms with E-state index in [1.807, 2.05) is 0 Å². The highest BCUT2D eigenvalue weighted by Gasteiger charge is 2.10. The predicted octanol–water partition coefficient (Wildman–Crippen LogP) is 1.01. The second kappa shape index (κ2) is 5.17. The van der Waals surface area contributed by atoms with Crippen molar-refractivity contribution in [1.29, 1.82) is 0 Å². The second-order valence-electron chi connectivity index (χ2n) is 4.09. The van der Waals surface area contributed by atoms with Gasteiger partial charge in [0.05, 0.1) is 12.8 Å². The molecule has 2 heterocycles. The molecule has 1 N–H and O–H groups in total. The number of halogens is 1. The molecule has 0 unspecified atom stereocenters. The van der Waals surface area contributed by atoms with Crippen molar-refractivity contribution < 1.29 is 14.0 Å². The zero-order chi connectivity index (χ0) is 13.9. The molecule has 0 aliphatic carbocycles. The van der Waals surface area contributed by atoms with Crippen LogP contribution in [0, 0.1) is 5.82 Å². The van der Waals surface area contributed by atoms with Crippen molar-refractivity contribution in [3.05, 3.63) is 47.8 Å². The summed E-state index contributed by atoms with van der Waals surface area (Å²) in [5.41, 5.74) is 1.10. The number of rotatable bonds is 4. The van der Waals surface area contributed by atoms with Gasteiger partial charge in [-0.2, -0.15) is 4.98 Å². The number of hydrogen-bond acceptors (Lipinski definition) is 6. The molecule has 8 heteroatoms. The normalized spacial score (nSPS) is 10.9. The van der Waals surface area contributed by atoms with Crippen LogP contribution in [0.1, 0.15) is 11.5 Å². The molecule has 0 atom stereocenters. The van der Waals surface area contributed by atoms with E-state index in [4.69, 9.17) is 9.63 Å². The Labute approximate surface area is 112 Å². The standard InChI is InChI=1S/C12H10FN5O2/c13-9-3-1-8(2-4-9)12-14-11(16-20-12)6-18-5-10(7-19)15-17-18/h1-5,19H,6-7H2. The molecule has 102 valence electrons. The summed E-state index contributed by atoms with van der Waals surface area (Å²) in [6.07, 6.45) is 1.59. The molecule has 0 aliphatic heterocycles. The molecule has 0 saturated carbocycles. The van der Waals surface area contributed by atoms with Crippen LogP contribution in [-0.2, 0) is 13.2 Å². The molecule has 1 aromatic carbocycles. The number of aliphatic hydroxyl groups is 1. The summed E-state index contributed by atoms with van der Waals surface area (Å²) in [5, 5.41) is 20.3. The van der Waals surface area contributed by atoms with E-state index in [-0.39, 0.29) is 19.0 Å². The van der Waals surface area contributed by atoms with E-state index >= 15 is 0 Å². The fourth-order valence-corrected chi connectivity index (χ4v) is 1.66. The molecule has 20 heavy (non-hydrogen) atoms. The second-order valence-corrected chi connectivity index (χ2v) is 4.09. The van der Waals surface area contributed by atoms with Crippen LogP contribution in [0.3, 0.4) is 0 Å². The average molecular weight is 275 g/mol. The van der Waals surface area contributed by atoms with Crippen molar-refractivity contribution in [3.8, 4) is 11.5 Å². The molecule has 3 rings (SSSR count). The average Bonchev–Trinajstić information content (AvgIpc) is 3.09. The van der Waals surface area contributed by atoms with E-state index in [1.54, 1.807) is 18.3 Å². The summed E-state index contributed by atoms with van der Waals surface area (Å²) in [6.45, 7) is 0.102. The summed E-state index contributed by atoms with van der Waals surface area (Å²) in [4.78, 5) is 4.19. The Kier molecular flexibility index (Phi) is 3.21. The third-order valence-electron chi connectivity index (χ3n) is 2.61.